The fourth-order valence-electron chi connectivity index (χ4n) is 0.965. The van der Waals surface area contributed by atoms with E-state index in [1.165, 1.54) is 12.1 Å². The van der Waals surface area contributed by atoms with Gasteiger partial charge in [0.25, 0.3) is 0 Å². The van der Waals surface area contributed by atoms with Gasteiger partial charge in [-0.1, -0.05) is 12.1 Å². The maximum absolute atomic E-state index is 10.2. The molecule has 1 rings (SSSR count). The fraction of sp³-hybridized carbons (Fsp3) is 0.250. The lowest BCUT2D eigenvalue weighted by Gasteiger charge is -2.09. The molecule has 18 heavy (non-hydrogen) atoms. The summed E-state index contributed by atoms with van der Waals surface area (Å²) in [4.78, 5) is 0. The lowest BCUT2D eigenvalue weighted by molar-refractivity contribution is 0.103. The largest absolute Gasteiger partial charge is 0.399 e. The van der Waals surface area contributed by atoms with Gasteiger partial charge in [0, 0.05) is 5.69 Å². The second kappa shape index (κ2) is 7.89. The molecule has 1 unspecified atom stereocenters. The second-order valence-corrected chi connectivity index (χ2v) is 4.19. The molecule has 1 aromatic carbocycles. The van der Waals surface area contributed by atoms with E-state index in [0.717, 1.165) is 0 Å². The molecule has 0 fully saturated rings. The maximum Gasteiger partial charge on any atom is 0.397 e. The Balaban J connectivity index is 0.000000873. The van der Waals surface area contributed by atoms with E-state index >= 15 is 0 Å². The first-order valence-corrected chi connectivity index (χ1v) is 6.40. The van der Waals surface area contributed by atoms with E-state index in [0.29, 0.717) is 11.3 Å². The van der Waals surface area contributed by atoms with Gasteiger partial charge in [-0.2, -0.15) is 16.8 Å². The van der Waals surface area contributed by atoms with Crippen LogP contribution >= 0.6 is 0 Å². The van der Waals surface area contributed by atoms with Crippen LogP contribution in [-0.2, 0) is 26.2 Å². The number of benzene rings is 1. The third-order valence-electron chi connectivity index (χ3n) is 1.70. The Labute approximate surface area is 107 Å². The molecule has 102 valence electrons. The number of hydrogen-bond acceptors (Lipinski definition) is 7. The lowest BCUT2D eigenvalue weighted by atomic mass is 10.1. The third kappa shape index (κ3) is 7.86. The summed E-state index contributed by atoms with van der Waals surface area (Å²) >= 11 is -0.750. The molecule has 8 nitrogen and oxygen atoms in total. The summed E-state index contributed by atoms with van der Waals surface area (Å²) in [6.45, 7) is -0.539. The van der Waals surface area contributed by atoms with Gasteiger partial charge in [0.15, 0.2) is 0 Å². The summed E-state index contributed by atoms with van der Waals surface area (Å²) < 4.78 is 49.3. The molecule has 10 heteroatoms. The van der Waals surface area contributed by atoms with Gasteiger partial charge in [-0.25, -0.2) is 4.18 Å². The number of nitrogens with two attached hydrogens (primary N) is 1. The molecular weight excluding hydrogens is 286 g/mol. The maximum atomic E-state index is 10.2. The molecule has 0 radical (unpaired) electrons. The van der Waals surface area contributed by atoms with Gasteiger partial charge in [0.2, 0.25) is 0 Å². The molecule has 0 amide bonds. The molecule has 0 bridgehead atoms. The van der Waals surface area contributed by atoms with Crippen molar-refractivity contribution >= 4 is 27.7 Å². The van der Waals surface area contributed by atoms with Crippen molar-refractivity contribution in [3.05, 3.63) is 29.8 Å². The first kappa shape index (κ1) is 16.7. The van der Waals surface area contributed by atoms with E-state index in [9.17, 15) is 13.5 Å². The summed E-state index contributed by atoms with van der Waals surface area (Å²) in [7, 11) is -4.52. The van der Waals surface area contributed by atoms with E-state index in [2.05, 4.69) is 4.18 Å². The van der Waals surface area contributed by atoms with Gasteiger partial charge in [-0.3, -0.25) is 4.55 Å². The normalized spacial score (nSPS) is 12.1. The second-order valence-electron chi connectivity index (χ2n) is 2.96. The molecule has 0 aliphatic heterocycles. The lowest BCUT2D eigenvalue weighted by Crippen LogP contribution is -2.12. The molecule has 0 heterocycles. The molecular formula is C8H11NO7S2. The molecule has 0 spiro atoms. The first-order chi connectivity index (χ1) is 8.30. The minimum absolute atomic E-state index is 0.452. The van der Waals surface area contributed by atoms with Crippen molar-refractivity contribution < 1.29 is 30.7 Å². The molecule has 0 aromatic heterocycles. The highest BCUT2D eigenvalue weighted by Crippen LogP contribution is 2.15. The van der Waals surface area contributed by atoms with Crippen molar-refractivity contribution in [1.29, 1.82) is 0 Å². The molecule has 1 aromatic rings. The average Bonchev–Trinajstić information content (AvgIpc) is 2.27. The minimum Gasteiger partial charge on any atom is -0.399 e. The zero-order valence-corrected chi connectivity index (χ0v) is 10.6. The Bertz CT molecular complexity index is 493. The van der Waals surface area contributed by atoms with Crippen LogP contribution < -0.4 is 5.73 Å². The zero-order valence-electron chi connectivity index (χ0n) is 8.92. The number of anilines is 1. The van der Waals surface area contributed by atoms with Gasteiger partial charge >= 0.3 is 22.0 Å². The van der Waals surface area contributed by atoms with E-state index in [-0.39, 0.29) is 0 Å². The van der Waals surface area contributed by atoms with Gasteiger partial charge in [-0.15, -0.1) is 0 Å². The van der Waals surface area contributed by atoms with Crippen molar-refractivity contribution in [3.8, 4) is 0 Å². The highest BCUT2D eigenvalue weighted by atomic mass is 32.3. The van der Waals surface area contributed by atoms with Crippen LogP contribution in [-0.4, -0.2) is 33.1 Å². The highest BCUT2D eigenvalue weighted by molar-refractivity contribution is 7.80. The standard InChI is InChI=1S/C8H11NO5S.O2S/c9-7-3-1-6(2-4-7)8(10)5-14-15(11,12)13;1-3-2/h1-4,8,10H,5,9H2,(H,11,12,13);. The molecule has 1 atom stereocenters. The van der Waals surface area contributed by atoms with Crippen LogP contribution in [0.5, 0.6) is 0 Å². The van der Waals surface area contributed by atoms with Crippen LogP contribution in [0.15, 0.2) is 24.3 Å². The van der Waals surface area contributed by atoms with Crippen molar-refractivity contribution in [2.75, 3.05) is 12.3 Å². The van der Waals surface area contributed by atoms with Crippen molar-refractivity contribution in [2.45, 2.75) is 6.10 Å². The van der Waals surface area contributed by atoms with Crippen LogP contribution in [0.25, 0.3) is 0 Å². The van der Waals surface area contributed by atoms with Gasteiger partial charge < -0.3 is 10.8 Å². The number of nitrogen functional groups attached to an aromatic ring is 1. The molecule has 0 saturated heterocycles. The molecule has 0 saturated carbocycles. The summed E-state index contributed by atoms with van der Waals surface area (Å²) in [6.07, 6.45) is -1.13. The highest BCUT2D eigenvalue weighted by Gasteiger charge is 2.12. The fourth-order valence-corrected chi connectivity index (χ4v) is 1.27. The number of rotatable bonds is 4. The van der Waals surface area contributed by atoms with Crippen molar-refractivity contribution in [2.24, 2.45) is 0 Å². The summed E-state index contributed by atoms with van der Waals surface area (Å²) in [6, 6.07) is 6.19. The predicted octanol–water partition coefficient (Wildman–Crippen LogP) is -0.549. The number of hydrogen-bond donors (Lipinski definition) is 3. The van der Waals surface area contributed by atoms with Crippen molar-refractivity contribution in [3.63, 3.8) is 0 Å². The van der Waals surface area contributed by atoms with Crippen molar-refractivity contribution in [1.82, 2.24) is 0 Å². The number of aliphatic hydroxyl groups is 1. The zero-order chi connectivity index (χ0) is 14.2. The van der Waals surface area contributed by atoms with Crippen LogP contribution in [0.3, 0.4) is 0 Å². The minimum atomic E-state index is -4.52. The first-order valence-electron chi connectivity index (χ1n) is 4.37. The van der Waals surface area contributed by atoms with Crippen LogP contribution in [0.1, 0.15) is 11.7 Å². The average molecular weight is 297 g/mol. The number of aliphatic hydroxyl groups excluding tert-OH is 1. The molecule has 0 aliphatic carbocycles. The van der Waals surface area contributed by atoms with E-state index in [1.54, 1.807) is 12.1 Å². The van der Waals surface area contributed by atoms with Gasteiger partial charge in [0.1, 0.15) is 6.10 Å². The van der Waals surface area contributed by atoms with Gasteiger partial charge in [0.05, 0.1) is 6.61 Å². The van der Waals surface area contributed by atoms with E-state index in [4.69, 9.17) is 18.7 Å². The quantitative estimate of drug-likeness (QED) is 0.496. The van der Waals surface area contributed by atoms with Crippen LogP contribution in [0.4, 0.5) is 5.69 Å². The Morgan fingerprint density at radius 2 is 1.72 bits per heavy atom. The Hall–Kier alpha value is -1.33. The van der Waals surface area contributed by atoms with E-state index in [1.807, 2.05) is 0 Å². The predicted molar refractivity (Wildman–Crippen MR) is 62.2 cm³/mol. The van der Waals surface area contributed by atoms with Crippen LogP contribution in [0.2, 0.25) is 0 Å². The summed E-state index contributed by atoms with van der Waals surface area (Å²) in [5.41, 5.74) is 6.40. The van der Waals surface area contributed by atoms with Crippen LogP contribution in [0, 0.1) is 0 Å². The smallest absolute Gasteiger partial charge is 0.397 e. The summed E-state index contributed by atoms with van der Waals surface area (Å²) in [5, 5.41) is 9.43. The molecule has 0 aliphatic rings. The molecule has 4 N–H and O–H groups in total. The topological polar surface area (TPSA) is 144 Å². The Kier molecular flexibility index (Phi) is 7.31. The van der Waals surface area contributed by atoms with E-state index < -0.39 is 34.7 Å². The summed E-state index contributed by atoms with van der Waals surface area (Å²) in [5.74, 6) is 0. The third-order valence-corrected chi connectivity index (χ3v) is 2.13. The SMILES string of the molecule is Nc1ccc(C(O)COS(=O)(=O)O)cc1.O=S=O. The van der Waals surface area contributed by atoms with Gasteiger partial charge in [-0.05, 0) is 17.7 Å². The Morgan fingerprint density at radius 3 is 2.11 bits per heavy atom. The Morgan fingerprint density at radius 1 is 1.28 bits per heavy atom. The monoisotopic (exact) mass is 297 g/mol.